The first-order valence-electron chi connectivity index (χ1n) is 16.2. The van der Waals surface area contributed by atoms with Gasteiger partial charge in [-0.3, -0.25) is 24.0 Å². The average Bonchev–Trinajstić information content (AvgIpc) is 3.10. The second-order valence-electron chi connectivity index (χ2n) is 11.8. The van der Waals surface area contributed by atoms with Gasteiger partial charge in [0.25, 0.3) is 0 Å². The summed E-state index contributed by atoms with van der Waals surface area (Å²) in [7, 11) is 0. The predicted octanol–water partition coefficient (Wildman–Crippen LogP) is 3.97. The van der Waals surface area contributed by atoms with Crippen LogP contribution in [0.5, 0.6) is 17.2 Å². The standard InChI is InChI=1S/C37H32F2N2O14/c38-23-12-21-30(14-27(23)42)55-31-15-28(43)24(39)13-22(31)37(21)20-5-6-26(41(18-35(48)49)19-36(50)51)32(11-20)54-10-8-52-7-9-53-29-4-2-1-3-25(29)40(16-33(44)45)17-34(46)47/h1-6,11-15,42H,7-10,16-19H2,(H,44,45)(H,46,47)(H,48,49)(H,50,51). The minimum Gasteiger partial charge on any atom is -0.505 e. The van der Waals surface area contributed by atoms with Crippen LogP contribution in [0.2, 0.25) is 0 Å². The van der Waals surface area contributed by atoms with Crippen LogP contribution in [-0.4, -0.2) is 102 Å². The van der Waals surface area contributed by atoms with Crippen LogP contribution in [0.4, 0.5) is 20.2 Å². The second-order valence-corrected chi connectivity index (χ2v) is 11.8. The zero-order chi connectivity index (χ0) is 39.8. The number of anilines is 2. The molecule has 55 heavy (non-hydrogen) atoms. The molecule has 0 radical (unpaired) electrons. The second kappa shape index (κ2) is 17.3. The molecule has 0 fully saturated rings. The van der Waals surface area contributed by atoms with Crippen molar-refractivity contribution in [1.82, 2.24) is 0 Å². The molecule has 3 aromatic carbocycles. The van der Waals surface area contributed by atoms with Crippen molar-refractivity contribution in [2.45, 2.75) is 0 Å². The molecule has 0 spiro atoms. The van der Waals surface area contributed by atoms with E-state index in [1.807, 2.05) is 0 Å². The van der Waals surface area contributed by atoms with Crippen LogP contribution >= 0.6 is 0 Å². The zero-order valence-corrected chi connectivity index (χ0v) is 28.6. The molecule has 0 saturated heterocycles. The first-order valence-corrected chi connectivity index (χ1v) is 16.2. The molecule has 1 aliphatic heterocycles. The Morgan fingerprint density at radius 3 is 1.82 bits per heavy atom. The third kappa shape index (κ3) is 9.73. The van der Waals surface area contributed by atoms with E-state index in [2.05, 4.69) is 0 Å². The number of ether oxygens (including phenoxy) is 3. The quantitative estimate of drug-likeness (QED) is 0.0591. The van der Waals surface area contributed by atoms with Gasteiger partial charge < -0.3 is 54.0 Å². The highest BCUT2D eigenvalue weighted by Gasteiger charge is 2.24. The van der Waals surface area contributed by atoms with Crippen LogP contribution in [0.3, 0.4) is 0 Å². The molecule has 5 N–H and O–H groups in total. The number of carbonyl (C=O) groups is 4. The number of rotatable bonds is 19. The lowest BCUT2D eigenvalue weighted by atomic mass is 9.93. The van der Waals surface area contributed by atoms with Crippen LogP contribution in [0.15, 0.2) is 75.9 Å². The number of aromatic hydroxyl groups is 1. The number of aliphatic carboxylic acids is 4. The van der Waals surface area contributed by atoms with Gasteiger partial charge in [-0.2, -0.15) is 0 Å². The summed E-state index contributed by atoms with van der Waals surface area (Å²) in [4.78, 5) is 60.3. The van der Waals surface area contributed by atoms with E-state index in [0.717, 1.165) is 34.1 Å². The Balaban J connectivity index is 1.40. The van der Waals surface area contributed by atoms with Gasteiger partial charge >= 0.3 is 23.9 Å². The number of halogens is 2. The van der Waals surface area contributed by atoms with Crippen molar-refractivity contribution < 1.29 is 72.1 Å². The summed E-state index contributed by atoms with van der Waals surface area (Å²) < 4.78 is 52.3. The van der Waals surface area contributed by atoms with Gasteiger partial charge in [0, 0.05) is 28.6 Å². The van der Waals surface area contributed by atoms with Crippen molar-refractivity contribution in [1.29, 1.82) is 0 Å². The number of para-hydroxylation sites is 2. The largest absolute Gasteiger partial charge is 0.505 e. The summed E-state index contributed by atoms with van der Waals surface area (Å²) in [5.74, 6) is -8.05. The van der Waals surface area contributed by atoms with Crippen LogP contribution < -0.4 is 24.7 Å². The van der Waals surface area contributed by atoms with E-state index in [1.165, 1.54) is 30.3 Å². The molecule has 5 rings (SSSR count). The fourth-order valence-electron chi connectivity index (χ4n) is 5.73. The van der Waals surface area contributed by atoms with Gasteiger partial charge in [-0.25, -0.2) is 8.78 Å². The highest BCUT2D eigenvalue weighted by molar-refractivity contribution is 6.02. The molecule has 0 aromatic heterocycles. The Morgan fingerprint density at radius 1 is 0.655 bits per heavy atom. The number of carboxylic acid groups (broad SMARTS) is 4. The molecule has 2 aliphatic rings. The van der Waals surface area contributed by atoms with Gasteiger partial charge in [-0.15, -0.1) is 0 Å². The maximum absolute atomic E-state index is 14.7. The van der Waals surface area contributed by atoms with Gasteiger partial charge in [0.05, 0.1) is 24.6 Å². The lowest BCUT2D eigenvalue weighted by Gasteiger charge is -2.25. The van der Waals surface area contributed by atoms with Crippen molar-refractivity contribution in [2.24, 2.45) is 0 Å². The van der Waals surface area contributed by atoms with Crippen molar-refractivity contribution >= 4 is 46.2 Å². The number of carboxylic acids is 4. The highest BCUT2D eigenvalue weighted by atomic mass is 19.1. The minimum absolute atomic E-state index is 0.0240. The van der Waals surface area contributed by atoms with Crippen LogP contribution in [0.25, 0.3) is 33.4 Å². The van der Waals surface area contributed by atoms with Crippen molar-refractivity contribution in [3.8, 4) is 39.7 Å². The number of hydrogen-bond acceptors (Lipinski definition) is 12. The van der Waals surface area contributed by atoms with Gasteiger partial charge in [0.15, 0.2) is 17.4 Å². The summed E-state index contributed by atoms with van der Waals surface area (Å²) in [6.07, 6.45) is 0. The summed E-state index contributed by atoms with van der Waals surface area (Å²) in [5.41, 5.74) is -0.366. The Bertz CT molecular complexity index is 2250. The molecule has 0 atom stereocenters. The Hall–Kier alpha value is -6.95. The number of benzene rings is 4. The average molecular weight is 767 g/mol. The fourth-order valence-corrected chi connectivity index (χ4v) is 5.73. The van der Waals surface area contributed by atoms with Crippen molar-refractivity contribution in [3.63, 3.8) is 0 Å². The monoisotopic (exact) mass is 766 g/mol. The molecule has 1 aliphatic carbocycles. The summed E-state index contributed by atoms with van der Waals surface area (Å²) in [5, 5.41) is 47.6. The molecular formula is C37H32F2N2O14. The number of fused-ring (bicyclic) bond motifs is 2. The van der Waals surface area contributed by atoms with Crippen LogP contribution in [0.1, 0.15) is 0 Å². The first kappa shape index (κ1) is 39.3. The number of nitrogens with zero attached hydrogens (tertiary/aromatic N) is 2. The molecule has 1 heterocycles. The van der Waals surface area contributed by atoms with Crippen molar-refractivity contribution in [2.75, 3.05) is 62.4 Å². The summed E-state index contributed by atoms with van der Waals surface area (Å²) in [6, 6.07) is 14.1. The topological polar surface area (TPSA) is 234 Å². The number of hydrogen-bond donors (Lipinski definition) is 5. The third-order valence-corrected chi connectivity index (χ3v) is 7.91. The highest BCUT2D eigenvalue weighted by Crippen LogP contribution is 2.44. The van der Waals surface area contributed by atoms with E-state index >= 15 is 0 Å². The zero-order valence-electron chi connectivity index (χ0n) is 28.6. The number of phenols is 1. The smallest absolute Gasteiger partial charge is 0.323 e. The fraction of sp³-hybridized carbons (Fsp3) is 0.216. The summed E-state index contributed by atoms with van der Waals surface area (Å²) >= 11 is 0. The molecule has 0 unspecified atom stereocenters. The van der Waals surface area contributed by atoms with E-state index in [-0.39, 0.29) is 82.7 Å². The van der Waals surface area contributed by atoms with Crippen molar-refractivity contribution in [3.05, 3.63) is 88.6 Å². The Labute approximate surface area is 308 Å². The molecule has 0 bridgehead atoms. The van der Waals surface area contributed by atoms with Gasteiger partial charge in [0.2, 0.25) is 5.43 Å². The van der Waals surface area contributed by atoms with E-state index < -0.39 is 72.9 Å². The van der Waals surface area contributed by atoms with Crippen LogP contribution in [0, 0.1) is 11.6 Å². The predicted molar refractivity (Wildman–Crippen MR) is 189 cm³/mol. The molecule has 0 saturated carbocycles. The van der Waals surface area contributed by atoms with Crippen LogP contribution in [-0.2, 0) is 23.9 Å². The van der Waals surface area contributed by atoms with Gasteiger partial charge in [-0.05, 0) is 42.0 Å². The number of phenolic OH excluding ortho intramolecular Hbond substituents is 1. The Kier molecular flexibility index (Phi) is 12.3. The molecule has 18 heteroatoms. The lowest BCUT2D eigenvalue weighted by Crippen LogP contribution is -2.34. The molecule has 288 valence electrons. The van der Waals surface area contributed by atoms with E-state index in [0.29, 0.717) is 0 Å². The first-order chi connectivity index (χ1) is 26.2. The van der Waals surface area contributed by atoms with E-state index in [1.54, 1.807) is 12.1 Å². The van der Waals surface area contributed by atoms with Gasteiger partial charge in [-0.1, -0.05) is 18.2 Å². The Morgan fingerprint density at radius 2 is 1.22 bits per heavy atom. The SMILES string of the molecule is O=C(O)CN(CC(=O)O)c1ccccc1OCCOCCOc1cc(-c2c3cc(F)c(=O)cc-3oc3cc(O)c(F)cc23)ccc1N(CC(=O)O)CC(=O)O. The normalized spacial score (nSPS) is 11.0. The van der Waals surface area contributed by atoms with E-state index in [4.69, 9.17) is 18.6 Å². The molecular weight excluding hydrogens is 734 g/mol. The maximum atomic E-state index is 14.7. The lowest BCUT2D eigenvalue weighted by molar-refractivity contribution is -0.138. The summed E-state index contributed by atoms with van der Waals surface area (Å²) in [6.45, 7) is -3.02. The molecule has 16 nitrogen and oxygen atoms in total. The van der Waals surface area contributed by atoms with Gasteiger partial charge in [0.1, 0.15) is 62.2 Å². The third-order valence-electron chi connectivity index (χ3n) is 7.91. The molecule has 3 aromatic rings. The van der Waals surface area contributed by atoms with E-state index in [9.17, 15) is 58.3 Å². The minimum atomic E-state index is -1.35. The maximum Gasteiger partial charge on any atom is 0.323 e. The molecule has 0 amide bonds.